The summed E-state index contributed by atoms with van der Waals surface area (Å²) in [5.41, 5.74) is -0.602. The van der Waals surface area contributed by atoms with E-state index < -0.39 is 17.4 Å². The van der Waals surface area contributed by atoms with E-state index in [9.17, 15) is 9.59 Å². The quantitative estimate of drug-likeness (QED) is 0.554. The number of ether oxygens (including phenoxy) is 2. The molecule has 0 aliphatic carbocycles. The highest BCUT2D eigenvalue weighted by Crippen LogP contribution is 2.52. The smallest absolute Gasteiger partial charge is 0.312 e. The van der Waals surface area contributed by atoms with Crippen LogP contribution in [0.15, 0.2) is 12.2 Å². The standard InChI is InChI=1S/C14H19NO4/c1-8(2)6-15-7-14-5-4-9(19-14)10(13(17)18-3)11(14)12(15)16/h4-5,8-11H,6-7H2,1-3H3/t9-,10-,11+,14-/m0/s1. The molecule has 0 aromatic rings. The number of nitrogens with zero attached hydrogens (tertiary/aromatic N) is 1. The maximum atomic E-state index is 12.5. The van der Waals surface area contributed by atoms with E-state index in [-0.39, 0.29) is 18.0 Å². The van der Waals surface area contributed by atoms with Crippen molar-refractivity contribution in [3.05, 3.63) is 12.2 Å². The first-order valence-corrected chi connectivity index (χ1v) is 6.72. The Labute approximate surface area is 112 Å². The molecule has 2 bridgehead atoms. The highest BCUT2D eigenvalue weighted by atomic mass is 16.5. The lowest BCUT2D eigenvalue weighted by Crippen LogP contribution is -2.39. The molecule has 0 aromatic heterocycles. The number of carbonyl (C=O) groups excluding carboxylic acids is 2. The molecule has 19 heavy (non-hydrogen) atoms. The third kappa shape index (κ3) is 1.64. The first-order valence-electron chi connectivity index (χ1n) is 6.72. The van der Waals surface area contributed by atoms with E-state index in [1.54, 1.807) is 0 Å². The van der Waals surface area contributed by atoms with E-state index in [2.05, 4.69) is 13.8 Å². The molecule has 3 aliphatic rings. The van der Waals surface area contributed by atoms with Crippen molar-refractivity contribution in [3.63, 3.8) is 0 Å². The summed E-state index contributed by atoms with van der Waals surface area (Å²) in [7, 11) is 1.36. The highest BCUT2D eigenvalue weighted by molar-refractivity contribution is 5.91. The first kappa shape index (κ1) is 12.7. The lowest BCUT2D eigenvalue weighted by molar-refractivity contribution is -0.151. The fourth-order valence-corrected chi connectivity index (χ4v) is 3.58. The number of hydrogen-bond acceptors (Lipinski definition) is 4. The molecule has 0 unspecified atom stereocenters. The van der Waals surface area contributed by atoms with E-state index in [1.807, 2.05) is 17.1 Å². The Balaban J connectivity index is 1.90. The minimum atomic E-state index is -0.602. The maximum absolute atomic E-state index is 12.5. The topological polar surface area (TPSA) is 55.8 Å². The summed E-state index contributed by atoms with van der Waals surface area (Å²) in [6, 6.07) is 0. The van der Waals surface area contributed by atoms with Gasteiger partial charge in [0.1, 0.15) is 11.5 Å². The number of amides is 1. The van der Waals surface area contributed by atoms with E-state index in [0.717, 1.165) is 0 Å². The van der Waals surface area contributed by atoms with Crippen LogP contribution in [-0.4, -0.2) is 48.7 Å². The highest BCUT2D eigenvalue weighted by Gasteiger charge is 2.67. The van der Waals surface area contributed by atoms with Gasteiger partial charge in [-0.2, -0.15) is 0 Å². The fourth-order valence-electron chi connectivity index (χ4n) is 3.58. The Morgan fingerprint density at radius 1 is 1.63 bits per heavy atom. The van der Waals surface area contributed by atoms with Gasteiger partial charge in [0, 0.05) is 6.54 Å². The third-order valence-corrected chi connectivity index (χ3v) is 4.24. The van der Waals surface area contributed by atoms with Crippen LogP contribution >= 0.6 is 0 Å². The number of methoxy groups -OCH3 is 1. The van der Waals surface area contributed by atoms with Crippen LogP contribution in [0.25, 0.3) is 0 Å². The van der Waals surface area contributed by atoms with Gasteiger partial charge in [-0.3, -0.25) is 9.59 Å². The Bertz CT molecular complexity index is 458. The molecule has 5 nitrogen and oxygen atoms in total. The van der Waals surface area contributed by atoms with Crippen molar-refractivity contribution < 1.29 is 19.1 Å². The van der Waals surface area contributed by atoms with Crippen LogP contribution in [0.4, 0.5) is 0 Å². The van der Waals surface area contributed by atoms with Crippen LogP contribution in [0.2, 0.25) is 0 Å². The zero-order chi connectivity index (χ0) is 13.8. The van der Waals surface area contributed by atoms with Gasteiger partial charge >= 0.3 is 5.97 Å². The van der Waals surface area contributed by atoms with Gasteiger partial charge in [-0.05, 0) is 5.92 Å². The van der Waals surface area contributed by atoms with Crippen molar-refractivity contribution in [3.8, 4) is 0 Å². The van der Waals surface area contributed by atoms with Gasteiger partial charge in [0.15, 0.2) is 0 Å². The van der Waals surface area contributed by atoms with Crippen LogP contribution in [0, 0.1) is 17.8 Å². The lowest BCUT2D eigenvalue weighted by Gasteiger charge is -2.22. The lowest BCUT2D eigenvalue weighted by atomic mass is 9.77. The molecule has 4 atom stereocenters. The molecule has 5 heteroatoms. The average molecular weight is 265 g/mol. The van der Waals surface area contributed by atoms with Crippen molar-refractivity contribution in [2.75, 3.05) is 20.2 Å². The second-order valence-corrected chi connectivity index (χ2v) is 6.04. The van der Waals surface area contributed by atoms with Crippen molar-refractivity contribution in [1.82, 2.24) is 4.90 Å². The summed E-state index contributed by atoms with van der Waals surface area (Å²) in [6.45, 7) is 5.40. The first-order chi connectivity index (χ1) is 8.98. The number of likely N-dealkylation sites (tertiary alicyclic amines) is 1. The van der Waals surface area contributed by atoms with Crippen molar-refractivity contribution in [2.24, 2.45) is 17.8 Å². The van der Waals surface area contributed by atoms with Gasteiger partial charge < -0.3 is 14.4 Å². The minimum absolute atomic E-state index is 0.0240. The van der Waals surface area contributed by atoms with Crippen LogP contribution in [0.1, 0.15) is 13.8 Å². The van der Waals surface area contributed by atoms with E-state index in [4.69, 9.17) is 9.47 Å². The molecule has 2 saturated heterocycles. The third-order valence-electron chi connectivity index (χ3n) is 4.24. The second kappa shape index (κ2) is 4.07. The predicted molar refractivity (Wildman–Crippen MR) is 67.2 cm³/mol. The second-order valence-electron chi connectivity index (χ2n) is 6.04. The molecular formula is C14H19NO4. The van der Waals surface area contributed by atoms with Gasteiger partial charge in [-0.1, -0.05) is 26.0 Å². The summed E-state index contributed by atoms with van der Waals surface area (Å²) in [4.78, 5) is 26.3. The molecule has 0 aromatic carbocycles. The van der Waals surface area contributed by atoms with Gasteiger partial charge in [-0.25, -0.2) is 0 Å². The number of hydrogen-bond donors (Lipinski definition) is 0. The van der Waals surface area contributed by atoms with Gasteiger partial charge in [0.25, 0.3) is 0 Å². The number of esters is 1. The molecular weight excluding hydrogens is 246 g/mol. The molecule has 104 valence electrons. The number of rotatable bonds is 3. The van der Waals surface area contributed by atoms with Crippen LogP contribution in [-0.2, 0) is 19.1 Å². The maximum Gasteiger partial charge on any atom is 0.312 e. The summed E-state index contributed by atoms with van der Waals surface area (Å²) < 4.78 is 10.8. The Hall–Kier alpha value is -1.36. The van der Waals surface area contributed by atoms with Crippen LogP contribution in [0.3, 0.4) is 0 Å². The number of carbonyl (C=O) groups is 2. The van der Waals surface area contributed by atoms with E-state index in [0.29, 0.717) is 19.0 Å². The molecule has 3 heterocycles. The Kier molecular flexibility index (Phi) is 2.71. The van der Waals surface area contributed by atoms with Crippen molar-refractivity contribution in [2.45, 2.75) is 25.6 Å². The zero-order valence-electron chi connectivity index (χ0n) is 11.5. The summed E-state index contributed by atoms with van der Waals surface area (Å²) in [5.74, 6) is -0.817. The molecule has 1 spiro atoms. The normalized spacial score (nSPS) is 39.3. The van der Waals surface area contributed by atoms with Gasteiger partial charge in [0.05, 0.1) is 25.7 Å². The number of fused-ring (bicyclic) bond motifs is 1. The summed E-state index contributed by atoms with van der Waals surface area (Å²) >= 11 is 0. The van der Waals surface area contributed by atoms with Crippen LogP contribution in [0.5, 0.6) is 0 Å². The molecule has 0 radical (unpaired) electrons. The molecule has 0 N–H and O–H groups in total. The summed E-state index contributed by atoms with van der Waals surface area (Å²) in [5, 5.41) is 0. The molecule has 0 saturated carbocycles. The molecule has 3 rings (SSSR count). The Morgan fingerprint density at radius 3 is 3.00 bits per heavy atom. The fraction of sp³-hybridized carbons (Fsp3) is 0.714. The SMILES string of the molecule is COC(=O)[C@H]1[C@@H]2C=C[C@@]3(CN(CC(C)C)C(=O)[C@@H]13)O2. The minimum Gasteiger partial charge on any atom is -0.469 e. The van der Waals surface area contributed by atoms with E-state index >= 15 is 0 Å². The molecule has 3 aliphatic heterocycles. The molecule has 1 amide bonds. The average Bonchev–Trinajstić information content (AvgIpc) is 2.97. The van der Waals surface area contributed by atoms with Gasteiger partial charge in [-0.15, -0.1) is 0 Å². The van der Waals surface area contributed by atoms with E-state index in [1.165, 1.54) is 7.11 Å². The summed E-state index contributed by atoms with van der Waals surface area (Å²) in [6.07, 6.45) is 3.55. The zero-order valence-corrected chi connectivity index (χ0v) is 11.5. The van der Waals surface area contributed by atoms with Crippen molar-refractivity contribution >= 4 is 11.9 Å². The van der Waals surface area contributed by atoms with Crippen molar-refractivity contribution in [1.29, 1.82) is 0 Å². The Morgan fingerprint density at radius 2 is 2.37 bits per heavy atom. The predicted octanol–water partition coefficient (Wildman–Crippen LogP) is 0.597. The van der Waals surface area contributed by atoms with Gasteiger partial charge in [0.2, 0.25) is 5.91 Å². The monoisotopic (exact) mass is 265 g/mol. The largest absolute Gasteiger partial charge is 0.469 e. The molecule has 2 fully saturated rings. The van der Waals surface area contributed by atoms with Crippen LogP contribution < -0.4 is 0 Å².